The van der Waals surface area contributed by atoms with E-state index >= 15 is 0 Å². The number of aryl methyl sites for hydroxylation is 1. The van der Waals surface area contributed by atoms with E-state index in [1.54, 1.807) is 11.3 Å². The predicted molar refractivity (Wildman–Crippen MR) is 129 cm³/mol. The molecule has 0 unspecified atom stereocenters. The van der Waals surface area contributed by atoms with Gasteiger partial charge in [-0.2, -0.15) is 0 Å². The van der Waals surface area contributed by atoms with Gasteiger partial charge in [0.05, 0.1) is 21.3 Å². The Bertz CT molecular complexity index is 1750. The minimum Gasteiger partial charge on any atom is -0.463 e. The molecular formula is C25H20N4O3S. The zero-order valence-corrected chi connectivity index (χ0v) is 19.4. The Hall–Kier alpha value is -3.78. The van der Waals surface area contributed by atoms with Crippen LogP contribution in [-0.4, -0.2) is 19.6 Å². The molecule has 0 radical (unpaired) electrons. The monoisotopic (exact) mass is 456 g/mol. The van der Waals surface area contributed by atoms with Gasteiger partial charge in [0.2, 0.25) is 5.43 Å². The van der Waals surface area contributed by atoms with Crippen LogP contribution >= 0.6 is 11.3 Å². The van der Waals surface area contributed by atoms with Crippen molar-refractivity contribution in [1.29, 1.82) is 0 Å². The largest absolute Gasteiger partial charge is 0.463 e. The lowest BCUT2D eigenvalue weighted by atomic mass is 9.86. The van der Waals surface area contributed by atoms with Gasteiger partial charge in [0, 0.05) is 0 Å². The van der Waals surface area contributed by atoms with Gasteiger partial charge >= 0.3 is 0 Å². The number of imidazole rings is 1. The van der Waals surface area contributed by atoms with Crippen molar-refractivity contribution >= 4 is 37.5 Å². The molecule has 0 bridgehead atoms. The fourth-order valence-corrected chi connectivity index (χ4v) is 5.12. The molecule has 164 valence electrons. The van der Waals surface area contributed by atoms with Crippen molar-refractivity contribution in [2.24, 2.45) is 0 Å². The maximum absolute atomic E-state index is 13.3. The van der Waals surface area contributed by atoms with Gasteiger partial charge in [0.15, 0.2) is 4.96 Å². The summed E-state index contributed by atoms with van der Waals surface area (Å²) in [4.78, 5) is 18.8. The minimum atomic E-state index is -0.200. The highest BCUT2D eigenvalue weighted by molar-refractivity contribution is 7.23. The molecule has 4 aromatic heterocycles. The number of rotatable bonds is 2. The normalized spacial score (nSPS) is 12.4. The molecule has 0 amide bonds. The minimum absolute atomic E-state index is 0.0947. The van der Waals surface area contributed by atoms with Crippen LogP contribution in [-0.2, 0) is 5.41 Å². The molecule has 0 aliphatic heterocycles. The van der Waals surface area contributed by atoms with Gasteiger partial charge < -0.3 is 8.83 Å². The molecule has 8 heteroatoms. The lowest BCUT2D eigenvalue weighted by Gasteiger charge is -2.19. The van der Waals surface area contributed by atoms with Crippen molar-refractivity contribution in [2.75, 3.05) is 0 Å². The highest BCUT2D eigenvalue weighted by Gasteiger charge is 2.23. The van der Waals surface area contributed by atoms with Crippen LogP contribution in [0.2, 0.25) is 0 Å². The van der Waals surface area contributed by atoms with Crippen molar-refractivity contribution in [3.63, 3.8) is 0 Å². The van der Waals surface area contributed by atoms with Crippen molar-refractivity contribution in [1.82, 2.24) is 19.6 Å². The number of benzene rings is 2. The van der Waals surface area contributed by atoms with E-state index in [1.165, 1.54) is 6.26 Å². The smallest absolute Gasteiger partial charge is 0.266 e. The summed E-state index contributed by atoms with van der Waals surface area (Å²) in [5.74, 6) is 0.428. The average molecular weight is 457 g/mol. The highest BCUT2D eigenvalue weighted by atomic mass is 32.1. The summed E-state index contributed by atoms with van der Waals surface area (Å²) in [6.45, 7) is 8.22. The third-order valence-corrected chi connectivity index (χ3v) is 6.85. The third-order valence-electron chi connectivity index (χ3n) is 5.82. The number of hydrogen-bond donors (Lipinski definition) is 0. The third kappa shape index (κ3) is 3.01. The SMILES string of the molecule is Cc1nc2sc3ccccc3n2c1-c1nnc(-c2coc3ccc(C(C)(C)C)cc3c2=O)o1. The molecule has 0 aliphatic carbocycles. The molecule has 0 fully saturated rings. The van der Waals surface area contributed by atoms with Crippen molar-refractivity contribution in [2.45, 2.75) is 33.1 Å². The van der Waals surface area contributed by atoms with E-state index in [1.807, 2.05) is 47.7 Å². The number of thiazole rings is 1. The van der Waals surface area contributed by atoms with Gasteiger partial charge in [-0.3, -0.25) is 9.20 Å². The summed E-state index contributed by atoms with van der Waals surface area (Å²) in [5, 5.41) is 8.93. The lowest BCUT2D eigenvalue weighted by Crippen LogP contribution is -2.12. The first kappa shape index (κ1) is 19.9. The molecule has 0 aliphatic rings. The molecule has 6 rings (SSSR count). The Morgan fingerprint density at radius 2 is 1.82 bits per heavy atom. The van der Waals surface area contributed by atoms with Crippen LogP contribution in [0.5, 0.6) is 0 Å². The van der Waals surface area contributed by atoms with E-state index in [4.69, 9.17) is 8.83 Å². The molecule has 0 saturated carbocycles. The summed E-state index contributed by atoms with van der Waals surface area (Å²) in [6.07, 6.45) is 1.39. The van der Waals surface area contributed by atoms with E-state index < -0.39 is 0 Å². The van der Waals surface area contributed by atoms with Gasteiger partial charge in [0.25, 0.3) is 11.8 Å². The molecule has 6 aromatic rings. The summed E-state index contributed by atoms with van der Waals surface area (Å²) in [5.41, 5.74) is 4.04. The first-order valence-electron chi connectivity index (χ1n) is 10.6. The van der Waals surface area contributed by atoms with Crippen LogP contribution in [0.4, 0.5) is 0 Å². The number of aromatic nitrogens is 4. The van der Waals surface area contributed by atoms with Crippen LogP contribution in [0.3, 0.4) is 0 Å². The highest BCUT2D eigenvalue weighted by Crippen LogP contribution is 2.34. The number of nitrogens with zero attached hydrogens (tertiary/aromatic N) is 4. The average Bonchev–Trinajstić information content (AvgIpc) is 3.46. The van der Waals surface area contributed by atoms with Gasteiger partial charge in [-0.25, -0.2) is 4.98 Å². The molecule has 33 heavy (non-hydrogen) atoms. The van der Waals surface area contributed by atoms with Crippen molar-refractivity contribution in [3.05, 3.63) is 70.2 Å². The second kappa shape index (κ2) is 6.86. The zero-order valence-electron chi connectivity index (χ0n) is 18.5. The predicted octanol–water partition coefficient (Wildman–Crippen LogP) is 5.98. The maximum Gasteiger partial charge on any atom is 0.266 e. The fraction of sp³-hybridized carbons (Fsp3) is 0.200. The Balaban J connectivity index is 1.52. The van der Waals surface area contributed by atoms with Gasteiger partial charge in [-0.05, 0) is 42.2 Å². The van der Waals surface area contributed by atoms with E-state index in [0.29, 0.717) is 16.9 Å². The molecule has 0 spiro atoms. The maximum atomic E-state index is 13.3. The van der Waals surface area contributed by atoms with Crippen LogP contribution in [0, 0.1) is 6.92 Å². The Morgan fingerprint density at radius 3 is 2.64 bits per heavy atom. The molecule has 4 heterocycles. The second-order valence-corrected chi connectivity index (χ2v) is 10.1. The molecule has 0 saturated heterocycles. The first-order chi connectivity index (χ1) is 15.8. The quantitative estimate of drug-likeness (QED) is 0.319. The van der Waals surface area contributed by atoms with E-state index in [2.05, 4.69) is 42.0 Å². The summed E-state index contributed by atoms with van der Waals surface area (Å²) in [6, 6.07) is 13.8. The topological polar surface area (TPSA) is 86.4 Å². The molecule has 2 aromatic carbocycles. The second-order valence-electron chi connectivity index (χ2n) is 9.09. The summed E-state index contributed by atoms with van der Waals surface area (Å²) in [7, 11) is 0. The van der Waals surface area contributed by atoms with Crippen LogP contribution < -0.4 is 5.43 Å². The summed E-state index contributed by atoms with van der Waals surface area (Å²) >= 11 is 1.60. The Labute approximate surface area is 192 Å². The zero-order chi connectivity index (χ0) is 22.9. The van der Waals surface area contributed by atoms with Crippen molar-refractivity contribution < 1.29 is 8.83 Å². The van der Waals surface area contributed by atoms with Crippen molar-refractivity contribution in [3.8, 4) is 23.0 Å². The lowest BCUT2D eigenvalue weighted by molar-refractivity contribution is 0.566. The summed E-state index contributed by atoms with van der Waals surface area (Å²) < 4.78 is 14.9. The molecule has 0 atom stereocenters. The molecular weight excluding hydrogens is 436 g/mol. The fourth-order valence-electron chi connectivity index (χ4n) is 4.05. The number of hydrogen-bond acceptors (Lipinski definition) is 7. The Kier molecular flexibility index (Phi) is 4.13. The van der Waals surface area contributed by atoms with Crippen LogP contribution in [0.1, 0.15) is 32.0 Å². The first-order valence-corrected chi connectivity index (χ1v) is 11.4. The van der Waals surface area contributed by atoms with Crippen LogP contribution in [0.15, 0.2) is 62.4 Å². The number of fused-ring (bicyclic) bond motifs is 4. The van der Waals surface area contributed by atoms with Gasteiger partial charge in [-0.1, -0.05) is 50.3 Å². The molecule has 7 nitrogen and oxygen atoms in total. The van der Waals surface area contributed by atoms with E-state index in [-0.39, 0.29) is 22.3 Å². The molecule has 0 N–H and O–H groups in total. The standard InChI is InChI=1S/C25H20N4O3S/c1-13-20(29-17-7-5-6-8-19(17)33-24(29)26-13)23-28-27-22(32-23)16-12-31-18-10-9-14(25(2,3)4)11-15(18)21(16)30/h5-12H,1-4H3. The van der Waals surface area contributed by atoms with E-state index in [9.17, 15) is 4.79 Å². The number of para-hydroxylation sites is 1. The van der Waals surface area contributed by atoms with Gasteiger partial charge in [0.1, 0.15) is 23.1 Å². The van der Waals surface area contributed by atoms with Crippen LogP contribution in [0.25, 0.3) is 49.2 Å². The van der Waals surface area contributed by atoms with Gasteiger partial charge in [-0.15, -0.1) is 10.2 Å². The van der Waals surface area contributed by atoms with E-state index in [0.717, 1.165) is 32.1 Å². The Morgan fingerprint density at radius 1 is 1.03 bits per heavy atom.